The van der Waals surface area contributed by atoms with E-state index < -0.39 is 11.5 Å². The third kappa shape index (κ3) is 3.62. The van der Waals surface area contributed by atoms with Crippen molar-refractivity contribution in [2.75, 3.05) is 6.54 Å². The predicted octanol–water partition coefficient (Wildman–Crippen LogP) is 2.82. The zero-order chi connectivity index (χ0) is 17.7. The zero-order valence-electron chi connectivity index (χ0n) is 14.2. The first kappa shape index (κ1) is 18.1. The highest BCUT2D eigenvalue weighted by Gasteiger charge is 2.34. The molecular weight excluding hydrogens is 311 g/mol. The van der Waals surface area contributed by atoms with Crippen LogP contribution in [0, 0.1) is 11.2 Å². The molecular formula is C17H23FN4O2. The summed E-state index contributed by atoms with van der Waals surface area (Å²) in [6.45, 7) is 5.91. The number of benzene rings is 1. The van der Waals surface area contributed by atoms with E-state index in [1.54, 1.807) is 19.1 Å². The van der Waals surface area contributed by atoms with Gasteiger partial charge in [-0.3, -0.25) is 4.79 Å². The van der Waals surface area contributed by atoms with Crippen molar-refractivity contribution in [2.24, 2.45) is 11.1 Å². The van der Waals surface area contributed by atoms with Crippen LogP contribution >= 0.6 is 0 Å². The lowest BCUT2D eigenvalue weighted by atomic mass is 9.81. The van der Waals surface area contributed by atoms with E-state index in [0.717, 1.165) is 0 Å². The number of hydrogen-bond acceptors (Lipinski definition) is 5. The van der Waals surface area contributed by atoms with Crippen LogP contribution in [0.25, 0.3) is 11.4 Å². The first-order chi connectivity index (χ1) is 11.5. The Morgan fingerprint density at radius 3 is 2.71 bits per heavy atom. The smallest absolute Gasteiger partial charge is 0.249 e. The number of nitrogens with zero attached hydrogens (tertiary/aromatic N) is 2. The maximum absolute atomic E-state index is 13.3. The van der Waals surface area contributed by atoms with Crippen LogP contribution in [0.3, 0.4) is 0 Å². The van der Waals surface area contributed by atoms with Gasteiger partial charge in [0.05, 0.1) is 5.41 Å². The minimum Gasteiger partial charge on any atom is -0.344 e. The first-order valence-corrected chi connectivity index (χ1v) is 8.06. The number of amides is 1. The fourth-order valence-corrected chi connectivity index (χ4v) is 2.52. The summed E-state index contributed by atoms with van der Waals surface area (Å²) >= 11 is 0. The van der Waals surface area contributed by atoms with Gasteiger partial charge < -0.3 is 15.6 Å². The van der Waals surface area contributed by atoms with Crippen LogP contribution in [0.5, 0.6) is 0 Å². The van der Waals surface area contributed by atoms with Gasteiger partial charge in [0.1, 0.15) is 11.9 Å². The van der Waals surface area contributed by atoms with Crippen LogP contribution in [0.4, 0.5) is 4.39 Å². The molecule has 0 fully saturated rings. The lowest BCUT2D eigenvalue weighted by molar-refractivity contribution is -0.131. The van der Waals surface area contributed by atoms with Gasteiger partial charge in [0.2, 0.25) is 17.6 Å². The maximum atomic E-state index is 13.3. The highest BCUT2D eigenvalue weighted by molar-refractivity contribution is 5.83. The molecule has 2 rings (SSSR count). The van der Waals surface area contributed by atoms with Crippen LogP contribution in [0.2, 0.25) is 0 Å². The Kier molecular flexibility index (Phi) is 5.66. The number of rotatable bonds is 7. The van der Waals surface area contributed by atoms with Gasteiger partial charge in [0, 0.05) is 12.1 Å². The Balaban J connectivity index is 2.14. The zero-order valence-corrected chi connectivity index (χ0v) is 14.2. The van der Waals surface area contributed by atoms with Gasteiger partial charge in [-0.05, 0) is 31.9 Å². The van der Waals surface area contributed by atoms with E-state index in [1.165, 1.54) is 12.1 Å². The van der Waals surface area contributed by atoms with Crippen molar-refractivity contribution in [3.05, 3.63) is 36.0 Å². The van der Waals surface area contributed by atoms with Gasteiger partial charge >= 0.3 is 0 Å². The SMILES string of the molecule is CCC(CC)(CN)C(=O)NC(C)c1nc(-c2cccc(F)c2)no1. The molecule has 2 aromatic rings. The standard InChI is InChI=1S/C17H23FN4O2/c1-4-17(5-2,10-19)16(23)20-11(3)15-21-14(22-24-15)12-7-6-8-13(18)9-12/h6-9,11H,4-5,10,19H2,1-3H3,(H,20,23). The summed E-state index contributed by atoms with van der Waals surface area (Å²) in [7, 11) is 0. The fourth-order valence-electron chi connectivity index (χ4n) is 2.52. The minimum absolute atomic E-state index is 0.131. The summed E-state index contributed by atoms with van der Waals surface area (Å²) in [5.41, 5.74) is 5.71. The minimum atomic E-state index is -0.598. The number of carbonyl (C=O) groups excluding carboxylic acids is 1. The largest absolute Gasteiger partial charge is 0.344 e. The number of halogens is 1. The van der Waals surface area contributed by atoms with Crippen molar-refractivity contribution in [1.29, 1.82) is 0 Å². The number of hydrogen-bond donors (Lipinski definition) is 2. The monoisotopic (exact) mass is 334 g/mol. The van der Waals surface area contributed by atoms with E-state index >= 15 is 0 Å². The van der Waals surface area contributed by atoms with E-state index in [2.05, 4.69) is 15.5 Å². The average molecular weight is 334 g/mol. The Labute approximate surface area is 140 Å². The number of carbonyl (C=O) groups is 1. The Morgan fingerprint density at radius 2 is 2.12 bits per heavy atom. The Bertz CT molecular complexity index is 689. The second-order valence-corrected chi connectivity index (χ2v) is 5.85. The summed E-state index contributed by atoms with van der Waals surface area (Å²) in [4.78, 5) is 16.8. The molecule has 1 unspecified atom stereocenters. The van der Waals surface area contributed by atoms with Crippen molar-refractivity contribution in [1.82, 2.24) is 15.5 Å². The van der Waals surface area contributed by atoms with Gasteiger partial charge in [0.25, 0.3) is 0 Å². The number of nitrogens with two attached hydrogens (primary N) is 1. The molecule has 0 aliphatic heterocycles. The van der Waals surface area contributed by atoms with E-state index in [0.29, 0.717) is 18.4 Å². The average Bonchev–Trinajstić information content (AvgIpc) is 3.07. The second kappa shape index (κ2) is 7.53. The molecule has 6 nitrogen and oxygen atoms in total. The molecule has 1 amide bonds. The molecule has 24 heavy (non-hydrogen) atoms. The summed E-state index contributed by atoms with van der Waals surface area (Å²) in [5.74, 6) is 0.0363. The maximum Gasteiger partial charge on any atom is 0.249 e. The predicted molar refractivity (Wildman–Crippen MR) is 88.3 cm³/mol. The van der Waals surface area contributed by atoms with Crippen molar-refractivity contribution in [2.45, 2.75) is 39.7 Å². The van der Waals surface area contributed by atoms with Gasteiger partial charge in [-0.25, -0.2) is 4.39 Å². The molecule has 0 aliphatic rings. The lowest BCUT2D eigenvalue weighted by Crippen LogP contribution is -2.46. The van der Waals surface area contributed by atoms with E-state index in [-0.39, 0.29) is 30.0 Å². The molecule has 0 aliphatic carbocycles. The molecule has 0 spiro atoms. The van der Waals surface area contributed by atoms with Gasteiger partial charge in [-0.1, -0.05) is 31.1 Å². The normalized spacial score (nSPS) is 12.9. The van der Waals surface area contributed by atoms with E-state index in [4.69, 9.17) is 10.3 Å². The van der Waals surface area contributed by atoms with Crippen LogP contribution in [0.1, 0.15) is 45.5 Å². The van der Waals surface area contributed by atoms with Crippen LogP contribution in [-0.4, -0.2) is 22.6 Å². The van der Waals surface area contributed by atoms with Gasteiger partial charge in [-0.15, -0.1) is 0 Å². The van der Waals surface area contributed by atoms with Crippen molar-refractivity contribution >= 4 is 5.91 Å². The first-order valence-electron chi connectivity index (χ1n) is 8.06. The van der Waals surface area contributed by atoms with Crippen molar-refractivity contribution in [3.8, 4) is 11.4 Å². The van der Waals surface area contributed by atoms with Crippen molar-refractivity contribution in [3.63, 3.8) is 0 Å². The molecule has 130 valence electrons. The fraction of sp³-hybridized carbons (Fsp3) is 0.471. The number of aromatic nitrogens is 2. The van der Waals surface area contributed by atoms with Crippen LogP contribution in [-0.2, 0) is 4.79 Å². The molecule has 1 aromatic carbocycles. The van der Waals surface area contributed by atoms with Crippen molar-refractivity contribution < 1.29 is 13.7 Å². The summed E-state index contributed by atoms with van der Waals surface area (Å²) in [6.07, 6.45) is 1.30. The summed E-state index contributed by atoms with van der Waals surface area (Å²) in [6, 6.07) is 5.47. The Hall–Kier alpha value is -2.28. The lowest BCUT2D eigenvalue weighted by Gasteiger charge is -2.29. The highest BCUT2D eigenvalue weighted by atomic mass is 19.1. The van der Waals surface area contributed by atoms with Crippen LogP contribution in [0.15, 0.2) is 28.8 Å². The molecule has 0 radical (unpaired) electrons. The van der Waals surface area contributed by atoms with Gasteiger partial charge in [0.15, 0.2) is 0 Å². The topological polar surface area (TPSA) is 94.0 Å². The van der Waals surface area contributed by atoms with E-state index in [1.807, 2.05) is 13.8 Å². The third-order valence-corrected chi connectivity index (χ3v) is 4.47. The molecule has 0 saturated heterocycles. The third-order valence-electron chi connectivity index (χ3n) is 4.47. The molecule has 1 aromatic heterocycles. The molecule has 3 N–H and O–H groups in total. The summed E-state index contributed by atoms with van der Waals surface area (Å²) < 4.78 is 18.5. The molecule has 7 heteroatoms. The summed E-state index contributed by atoms with van der Waals surface area (Å²) in [5, 5.41) is 6.73. The number of nitrogens with one attached hydrogen (secondary N) is 1. The quantitative estimate of drug-likeness (QED) is 0.812. The second-order valence-electron chi connectivity index (χ2n) is 5.85. The molecule has 0 saturated carbocycles. The molecule has 1 atom stereocenters. The van der Waals surface area contributed by atoms with E-state index in [9.17, 15) is 9.18 Å². The van der Waals surface area contributed by atoms with Crippen LogP contribution < -0.4 is 11.1 Å². The van der Waals surface area contributed by atoms with Gasteiger partial charge in [-0.2, -0.15) is 4.98 Å². The molecule has 0 bridgehead atoms. The highest BCUT2D eigenvalue weighted by Crippen LogP contribution is 2.27. The Morgan fingerprint density at radius 1 is 1.42 bits per heavy atom. The molecule has 1 heterocycles.